The normalized spacial score (nSPS) is 15.2. The minimum absolute atomic E-state index is 0.0385. The van der Waals surface area contributed by atoms with Crippen LogP contribution in [0.25, 0.3) is 22.0 Å². The van der Waals surface area contributed by atoms with Gasteiger partial charge in [-0.2, -0.15) is 0 Å². The van der Waals surface area contributed by atoms with E-state index in [2.05, 4.69) is 15.3 Å². The van der Waals surface area contributed by atoms with E-state index in [4.69, 9.17) is 0 Å². The molecule has 0 saturated carbocycles. The van der Waals surface area contributed by atoms with E-state index in [1.165, 1.54) is 28.8 Å². The van der Waals surface area contributed by atoms with Crippen molar-refractivity contribution in [3.8, 4) is 11.3 Å². The highest BCUT2D eigenvalue weighted by Gasteiger charge is 2.22. The Morgan fingerprint density at radius 1 is 0.976 bits per heavy atom. The number of benzene rings is 2. The van der Waals surface area contributed by atoms with Crippen molar-refractivity contribution >= 4 is 50.9 Å². The number of alkyl halides is 2. The summed E-state index contributed by atoms with van der Waals surface area (Å²) < 4.78 is 42.7. The van der Waals surface area contributed by atoms with E-state index in [9.17, 15) is 22.8 Å². The number of aromatic nitrogens is 3. The van der Waals surface area contributed by atoms with Gasteiger partial charge in [0.1, 0.15) is 11.6 Å². The molecule has 8 nitrogen and oxygen atoms in total. The number of fused-ring (bicyclic) bond motifs is 1. The average molecular weight is 676 g/mol. The maximum Gasteiger partial charge on any atom is 0.258 e. The highest BCUT2D eigenvalue weighted by molar-refractivity contribution is 14.1. The lowest BCUT2D eigenvalue weighted by molar-refractivity contribution is -0.129. The summed E-state index contributed by atoms with van der Waals surface area (Å²) in [6, 6.07) is 7.55. The highest BCUT2D eigenvalue weighted by atomic mass is 127. The Labute approximate surface area is 248 Å². The number of hydrogen-bond donors (Lipinski definition) is 1. The standard InChI is InChI=1S/C29H28F3IN6O2/c1-16(36-25-5-4-19(30)10-24(25)27(32)33)21-11-20(31)12-23-22(21)13-26(37(3)28(23)41)18-14-34-29(35-15-18)39-8-6-38(7-9-39)17(2)40/h4-5,10-16,27,36H,6-9H2,1-3H3/t16-,27?/m1/s1. The van der Waals surface area contributed by atoms with Crippen molar-refractivity contribution in [1.29, 1.82) is 0 Å². The molecule has 1 unspecified atom stereocenters. The fraction of sp³-hybridized carbons (Fsp3) is 0.310. The molecule has 214 valence electrons. The number of carbonyl (C=O) groups is 1. The molecule has 12 heteroatoms. The van der Waals surface area contributed by atoms with Gasteiger partial charge >= 0.3 is 0 Å². The van der Waals surface area contributed by atoms with Crippen LogP contribution in [0, 0.1) is 11.6 Å². The SMILES string of the molecule is CC(=O)N1CCN(c2ncc(-c3cc4c([C@@H](C)Nc5ccc(F)cc5C(F)I)cc(F)cc4c(=O)n3C)cn2)CC1. The zero-order valence-electron chi connectivity index (χ0n) is 22.7. The molecule has 1 saturated heterocycles. The van der Waals surface area contributed by atoms with Crippen LogP contribution >= 0.6 is 22.6 Å². The second-order valence-electron chi connectivity index (χ2n) is 10.0. The molecular weight excluding hydrogens is 648 g/mol. The van der Waals surface area contributed by atoms with Crippen LogP contribution in [-0.4, -0.2) is 51.5 Å². The molecule has 1 amide bonds. The number of carbonyl (C=O) groups excluding carboxylic acids is 1. The summed E-state index contributed by atoms with van der Waals surface area (Å²) in [5.41, 5.74) is 1.73. The van der Waals surface area contributed by atoms with E-state index in [0.29, 0.717) is 60.0 Å². The fourth-order valence-electron chi connectivity index (χ4n) is 5.13. The van der Waals surface area contributed by atoms with E-state index in [1.807, 2.05) is 4.90 Å². The molecule has 0 bridgehead atoms. The summed E-state index contributed by atoms with van der Waals surface area (Å²) in [6.45, 7) is 5.73. The molecule has 2 aromatic carbocycles. The first-order chi connectivity index (χ1) is 19.5. The second-order valence-corrected chi connectivity index (χ2v) is 11.1. The van der Waals surface area contributed by atoms with E-state index >= 15 is 0 Å². The molecule has 0 aliphatic carbocycles. The number of piperazine rings is 1. The van der Waals surface area contributed by atoms with Crippen molar-refractivity contribution in [3.05, 3.63) is 81.9 Å². The lowest BCUT2D eigenvalue weighted by atomic mass is 9.98. The molecule has 41 heavy (non-hydrogen) atoms. The summed E-state index contributed by atoms with van der Waals surface area (Å²) in [5.74, 6) is -0.579. The lowest BCUT2D eigenvalue weighted by Crippen LogP contribution is -2.48. The number of amides is 1. The van der Waals surface area contributed by atoms with Crippen molar-refractivity contribution in [2.45, 2.75) is 24.1 Å². The number of halogens is 4. The lowest BCUT2D eigenvalue weighted by Gasteiger charge is -2.34. The Kier molecular flexibility index (Phi) is 8.20. The minimum atomic E-state index is -1.46. The third kappa shape index (κ3) is 5.88. The molecule has 5 rings (SSSR count). The van der Waals surface area contributed by atoms with Gasteiger partial charge in [-0.3, -0.25) is 9.59 Å². The predicted octanol–water partition coefficient (Wildman–Crippen LogP) is 5.52. The molecule has 3 heterocycles. The number of rotatable bonds is 6. The van der Waals surface area contributed by atoms with Gasteiger partial charge < -0.3 is 19.7 Å². The van der Waals surface area contributed by atoms with Crippen LogP contribution in [0.15, 0.2) is 53.6 Å². The molecule has 1 N–H and O–H groups in total. The van der Waals surface area contributed by atoms with E-state index in [0.717, 1.165) is 6.07 Å². The van der Waals surface area contributed by atoms with Gasteiger partial charge in [-0.25, -0.2) is 23.1 Å². The van der Waals surface area contributed by atoms with Crippen molar-refractivity contribution in [3.63, 3.8) is 0 Å². The van der Waals surface area contributed by atoms with Crippen LogP contribution < -0.4 is 15.8 Å². The van der Waals surface area contributed by atoms with Gasteiger partial charge in [0, 0.05) is 75.4 Å². The van der Waals surface area contributed by atoms with Crippen LogP contribution in [0.2, 0.25) is 0 Å². The van der Waals surface area contributed by atoms with Crippen LogP contribution in [-0.2, 0) is 11.8 Å². The topological polar surface area (TPSA) is 83.4 Å². The Morgan fingerprint density at radius 3 is 2.27 bits per heavy atom. The molecule has 1 aliphatic rings. The van der Waals surface area contributed by atoms with Crippen molar-refractivity contribution < 1.29 is 18.0 Å². The Morgan fingerprint density at radius 2 is 1.63 bits per heavy atom. The average Bonchev–Trinajstić information content (AvgIpc) is 2.95. The van der Waals surface area contributed by atoms with Gasteiger partial charge in [0.25, 0.3) is 5.56 Å². The first-order valence-electron chi connectivity index (χ1n) is 13.0. The third-order valence-electron chi connectivity index (χ3n) is 7.38. The monoisotopic (exact) mass is 676 g/mol. The minimum Gasteiger partial charge on any atom is -0.378 e. The smallest absolute Gasteiger partial charge is 0.258 e. The van der Waals surface area contributed by atoms with Gasteiger partial charge in [0.05, 0.1) is 11.1 Å². The largest absolute Gasteiger partial charge is 0.378 e. The summed E-state index contributed by atoms with van der Waals surface area (Å²) in [4.78, 5) is 37.8. The van der Waals surface area contributed by atoms with Gasteiger partial charge in [0.2, 0.25) is 11.9 Å². The molecule has 0 radical (unpaired) electrons. The van der Waals surface area contributed by atoms with Gasteiger partial charge in [-0.15, -0.1) is 0 Å². The zero-order chi connectivity index (χ0) is 29.4. The van der Waals surface area contributed by atoms with Gasteiger partial charge in [-0.1, -0.05) is 0 Å². The molecule has 1 aliphatic heterocycles. The van der Waals surface area contributed by atoms with Crippen LogP contribution in [0.1, 0.15) is 35.2 Å². The van der Waals surface area contributed by atoms with E-state index < -0.39 is 27.4 Å². The zero-order valence-corrected chi connectivity index (χ0v) is 24.8. The fourth-order valence-corrected chi connectivity index (χ4v) is 5.65. The maximum atomic E-state index is 14.7. The Hall–Kier alpha value is -3.68. The van der Waals surface area contributed by atoms with Crippen LogP contribution in [0.3, 0.4) is 0 Å². The van der Waals surface area contributed by atoms with Crippen molar-refractivity contribution in [1.82, 2.24) is 19.4 Å². The molecule has 0 spiro atoms. The first-order valence-corrected chi connectivity index (χ1v) is 14.3. The number of nitrogens with zero attached hydrogens (tertiary/aromatic N) is 5. The molecule has 2 atom stereocenters. The number of hydrogen-bond acceptors (Lipinski definition) is 6. The molecular formula is C29H28F3IN6O2. The van der Waals surface area contributed by atoms with E-state index in [1.54, 1.807) is 66.8 Å². The maximum absolute atomic E-state index is 14.7. The van der Waals surface area contributed by atoms with Crippen molar-refractivity contribution in [2.75, 3.05) is 36.4 Å². The Bertz CT molecular complexity index is 1670. The summed E-state index contributed by atoms with van der Waals surface area (Å²) in [5, 5.41) is 3.87. The number of anilines is 2. The van der Waals surface area contributed by atoms with Crippen LogP contribution in [0.4, 0.5) is 24.8 Å². The predicted molar refractivity (Wildman–Crippen MR) is 161 cm³/mol. The first kappa shape index (κ1) is 28.8. The summed E-state index contributed by atoms with van der Waals surface area (Å²) >= 11 is 1.56. The van der Waals surface area contributed by atoms with Gasteiger partial charge in [-0.05, 0) is 76.9 Å². The molecule has 1 fully saturated rings. The number of nitrogens with one attached hydrogen (secondary N) is 1. The summed E-state index contributed by atoms with van der Waals surface area (Å²) in [6.07, 6.45) is 3.27. The van der Waals surface area contributed by atoms with Gasteiger partial charge in [0.15, 0.2) is 4.18 Å². The van der Waals surface area contributed by atoms with Crippen LogP contribution in [0.5, 0.6) is 0 Å². The quantitative estimate of drug-likeness (QED) is 0.214. The third-order valence-corrected chi connectivity index (χ3v) is 8.05. The Balaban J connectivity index is 1.50. The molecule has 2 aromatic heterocycles. The summed E-state index contributed by atoms with van der Waals surface area (Å²) in [7, 11) is 1.60. The molecule has 4 aromatic rings. The highest BCUT2D eigenvalue weighted by Crippen LogP contribution is 2.35. The second kappa shape index (κ2) is 11.7. The van der Waals surface area contributed by atoms with E-state index in [-0.39, 0.29) is 16.9 Å². The number of pyridine rings is 1. The van der Waals surface area contributed by atoms with Crippen molar-refractivity contribution in [2.24, 2.45) is 7.05 Å².